The molecule has 0 spiro atoms. The van der Waals surface area contributed by atoms with Crippen LogP contribution < -0.4 is 10.4 Å². The van der Waals surface area contributed by atoms with Gasteiger partial charge in [0.1, 0.15) is 11.3 Å². The second-order valence-electron chi connectivity index (χ2n) is 6.55. The third-order valence-electron chi connectivity index (χ3n) is 4.52. The standard InChI is InChI=1S/C21H18N2O5S/c1-3-13-9-15-12(2)8-20(25)27-17(15)10-16(13)26-19(24)5-4-18-22-23-21(28-18)14-6-7-29-11-14/h6-11H,3-5H2,1-2H3. The monoisotopic (exact) mass is 410 g/mol. The number of hydrogen-bond acceptors (Lipinski definition) is 8. The first-order valence-electron chi connectivity index (χ1n) is 9.16. The highest BCUT2D eigenvalue weighted by Gasteiger charge is 2.15. The van der Waals surface area contributed by atoms with Gasteiger partial charge in [0.15, 0.2) is 0 Å². The van der Waals surface area contributed by atoms with Crippen molar-refractivity contribution < 1.29 is 18.4 Å². The molecule has 0 fully saturated rings. The van der Waals surface area contributed by atoms with Crippen molar-refractivity contribution >= 4 is 28.3 Å². The Bertz CT molecular complexity index is 1220. The van der Waals surface area contributed by atoms with Gasteiger partial charge >= 0.3 is 11.6 Å². The zero-order chi connectivity index (χ0) is 20.4. The smallest absolute Gasteiger partial charge is 0.336 e. The first-order valence-corrected chi connectivity index (χ1v) is 10.1. The van der Waals surface area contributed by atoms with E-state index in [4.69, 9.17) is 13.6 Å². The number of benzene rings is 1. The van der Waals surface area contributed by atoms with Gasteiger partial charge < -0.3 is 13.6 Å². The molecule has 0 saturated carbocycles. The van der Waals surface area contributed by atoms with Crippen molar-refractivity contribution in [1.29, 1.82) is 0 Å². The number of carbonyl (C=O) groups is 1. The molecule has 0 bridgehead atoms. The number of aromatic nitrogens is 2. The number of rotatable bonds is 6. The molecule has 0 aliphatic heterocycles. The molecule has 3 aromatic heterocycles. The van der Waals surface area contributed by atoms with Crippen LogP contribution in [0.3, 0.4) is 0 Å². The van der Waals surface area contributed by atoms with Crippen molar-refractivity contribution in [1.82, 2.24) is 10.2 Å². The number of fused-ring (bicyclic) bond motifs is 1. The van der Waals surface area contributed by atoms with Crippen LogP contribution in [-0.2, 0) is 17.6 Å². The summed E-state index contributed by atoms with van der Waals surface area (Å²) in [6.45, 7) is 3.82. The number of aryl methyl sites for hydroxylation is 3. The summed E-state index contributed by atoms with van der Waals surface area (Å²) in [7, 11) is 0. The van der Waals surface area contributed by atoms with Crippen LogP contribution in [0.2, 0.25) is 0 Å². The first kappa shape index (κ1) is 19.1. The van der Waals surface area contributed by atoms with Crippen molar-refractivity contribution in [2.45, 2.75) is 33.1 Å². The van der Waals surface area contributed by atoms with Crippen molar-refractivity contribution in [3.05, 3.63) is 62.5 Å². The van der Waals surface area contributed by atoms with Crippen LogP contribution in [0.5, 0.6) is 5.75 Å². The van der Waals surface area contributed by atoms with Crippen LogP contribution in [0.4, 0.5) is 0 Å². The lowest BCUT2D eigenvalue weighted by Gasteiger charge is -2.10. The Balaban J connectivity index is 1.48. The number of carbonyl (C=O) groups excluding carboxylic acids is 1. The summed E-state index contributed by atoms with van der Waals surface area (Å²) in [5.74, 6) is 0.773. The van der Waals surface area contributed by atoms with E-state index >= 15 is 0 Å². The maximum atomic E-state index is 12.4. The molecule has 29 heavy (non-hydrogen) atoms. The number of nitrogens with zero attached hydrogens (tertiary/aromatic N) is 2. The Labute approximate surface area is 170 Å². The lowest BCUT2D eigenvalue weighted by Crippen LogP contribution is -2.11. The second-order valence-corrected chi connectivity index (χ2v) is 7.33. The van der Waals surface area contributed by atoms with Crippen molar-refractivity contribution in [2.75, 3.05) is 0 Å². The number of hydrogen-bond donors (Lipinski definition) is 0. The van der Waals surface area contributed by atoms with Gasteiger partial charge in [-0.25, -0.2) is 4.79 Å². The quantitative estimate of drug-likeness (QED) is 0.265. The predicted octanol–water partition coefficient (Wildman–Crippen LogP) is 4.31. The highest BCUT2D eigenvalue weighted by molar-refractivity contribution is 7.08. The highest BCUT2D eigenvalue weighted by Crippen LogP contribution is 2.28. The molecule has 0 unspecified atom stereocenters. The van der Waals surface area contributed by atoms with E-state index in [9.17, 15) is 9.59 Å². The zero-order valence-electron chi connectivity index (χ0n) is 15.9. The molecule has 148 valence electrons. The third-order valence-corrected chi connectivity index (χ3v) is 5.20. The molecule has 0 aliphatic carbocycles. The summed E-state index contributed by atoms with van der Waals surface area (Å²) in [4.78, 5) is 24.0. The molecule has 0 saturated heterocycles. The van der Waals surface area contributed by atoms with E-state index in [1.165, 1.54) is 17.4 Å². The van der Waals surface area contributed by atoms with Crippen LogP contribution in [0, 0.1) is 6.92 Å². The van der Waals surface area contributed by atoms with Crippen LogP contribution in [-0.4, -0.2) is 16.2 Å². The zero-order valence-corrected chi connectivity index (χ0v) is 16.7. The molecule has 1 aromatic carbocycles. The fourth-order valence-electron chi connectivity index (χ4n) is 3.00. The Morgan fingerprint density at radius 2 is 2.07 bits per heavy atom. The first-order chi connectivity index (χ1) is 14.0. The predicted molar refractivity (Wildman–Crippen MR) is 108 cm³/mol. The molecular weight excluding hydrogens is 392 g/mol. The van der Waals surface area contributed by atoms with E-state index in [-0.39, 0.29) is 12.8 Å². The van der Waals surface area contributed by atoms with Gasteiger partial charge in [-0.05, 0) is 42.0 Å². The maximum Gasteiger partial charge on any atom is 0.336 e. The summed E-state index contributed by atoms with van der Waals surface area (Å²) in [5.41, 5.74) is 2.50. The molecule has 3 heterocycles. The van der Waals surface area contributed by atoms with Crippen LogP contribution in [0.25, 0.3) is 22.4 Å². The lowest BCUT2D eigenvalue weighted by atomic mass is 10.1. The fourth-order valence-corrected chi connectivity index (χ4v) is 3.63. The molecular formula is C21H18N2O5S. The summed E-state index contributed by atoms with van der Waals surface area (Å²) in [6, 6.07) is 6.83. The number of thiophene rings is 1. The van der Waals surface area contributed by atoms with Gasteiger partial charge in [0, 0.05) is 34.9 Å². The Hall–Kier alpha value is -3.26. The molecule has 0 N–H and O–H groups in total. The van der Waals surface area contributed by atoms with E-state index < -0.39 is 11.6 Å². The van der Waals surface area contributed by atoms with Crippen molar-refractivity contribution in [3.8, 4) is 17.2 Å². The number of ether oxygens (including phenoxy) is 1. The largest absolute Gasteiger partial charge is 0.426 e. The highest BCUT2D eigenvalue weighted by atomic mass is 32.1. The van der Waals surface area contributed by atoms with Gasteiger partial charge in [0.25, 0.3) is 0 Å². The molecule has 7 nitrogen and oxygen atoms in total. The summed E-state index contributed by atoms with van der Waals surface area (Å²) in [5, 5.41) is 12.6. The van der Waals surface area contributed by atoms with Crippen LogP contribution in [0.15, 0.2) is 48.7 Å². The third kappa shape index (κ3) is 4.12. The van der Waals surface area contributed by atoms with E-state index in [1.807, 2.05) is 36.7 Å². The summed E-state index contributed by atoms with van der Waals surface area (Å²) < 4.78 is 16.4. The van der Waals surface area contributed by atoms with E-state index in [0.29, 0.717) is 29.5 Å². The maximum absolute atomic E-state index is 12.4. The topological polar surface area (TPSA) is 95.4 Å². The SMILES string of the molecule is CCc1cc2c(C)cc(=O)oc2cc1OC(=O)CCc1nnc(-c2ccsc2)o1. The molecule has 4 rings (SSSR count). The minimum Gasteiger partial charge on any atom is -0.426 e. The van der Waals surface area contributed by atoms with E-state index in [1.54, 1.807) is 6.07 Å². The second kappa shape index (κ2) is 8.00. The summed E-state index contributed by atoms with van der Waals surface area (Å²) >= 11 is 1.54. The lowest BCUT2D eigenvalue weighted by molar-refractivity contribution is -0.134. The van der Waals surface area contributed by atoms with E-state index in [2.05, 4.69) is 10.2 Å². The van der Waals surface area contributed by atoms with Gasteiger partial charge in [-0.2, -0.15) is 11.3 Å². The van der Waals surface area contributed by atoms with Gasteiger partial charge in [0.2, 0.25) is 11.8 Å². The minimum atomic E-state index is -0.436. The van der Waals surface area contributed by atoms with Crippen molar-refractivity contribution in [2.24, 2.45) is 0 Å². The summed E-state index contributed by atoms with van der Waals surface area (Å²) in [6.07, 6.45) is 1.04. The average Bonchev–Trinajstić information content (AvgIpc) is 3.37. The fraction of sp³-hybridized carbons (Fsp3) is 0.238. The van der Waals surface area contributed by atoms with Gasteiger partial charge in [-0.3, -0.25) is 4.79 Å². The minimum absolute atomic E-state index is 0.0875. The van der Waals surface area contributed by atoms with Crippen molar-refractivity contribution in [3.63, 3.8) is 0 Å². The average molecular weight is 410 g/mol. The molecule has 0 radical (unpaired) electrons. The molecule has 4 aromatic rings. The molecule has 0 aliphatic rings. The molecule has 0 atom stereocenters. The Morgan fingerprint density at radius 3 is 2.83 bits per heavy atom. The van der Waals surface area contributed by atoms with Crippen LogP contribution in [0.1, 0.15) is 30.4 Å². The van der Waals surface area contributed by atoms with Crippen LogP contribution >= 0.6 is 11.3 Å². The normalized spacial score (nSPS) is 11.1. The molecule has 8 heteroatoms. The van der Waals surface area contributed by atoms with Gasteiger partial charge in [0.05, 0.1) is 6.42 Å². The Kier molecular flexibility index (Phi) is 5.26. The van der Waals surface area contributed by atoms with Gasteiger partial charge in [-0.15, -0.1) is 10.2 Å². The van der Waals surface area contributed by atoms with Gasteiger partial charge in [-0.1, -0.05) is 6.92 Å². The van der Waals surface area contributed by atoms with E-state index in [0.717, 1.165) is 22.1 Å². The Morgan fingerprint density at radius 1 is 1.21 bits per heavy atom. The number of esters is 1. The molecule has 0 amide bonds.